The van der Waals surface area contributed by atoms with Gasteiger partial charge in [0.15, 0.2) is 0 Å². The van der Waals surface area contributed by atoms with Gasteiger partial charge in [-0.05, 0) is 34.6 Å². The lowest BCUT2D eigenvalue weighted by Gasteiger charge is -2.18. The van der Waals surface area contributed by atoms with Crippen molar-refractivity contribution >= 4 is 6.01 Å². The molecule has 2 aromatic rings. The quantitative estimate of drug-likeness (QED) is 0.867. The van der Waals surface area contributed by atoms with Gasteiger partial charge in [0.2, 0.25) is 5.89 Å². The summed E-state index contributed by atoms with van der Waals surface area (Å²) < 4.78 is 10.6. The van der Waals surface area contributed by atoms with Crippen molar-refractivity contribution in [2.45, 2.75) is 53.2 Å². The Morgan fingerprint density at radius 3 is 2.45 bits per heavy atom. The lowest BCUT2D eigenvalue weighted by Crippen LogP contribution is -2.35. The summed E-state index contributed by atoms with van der Waals surface area (Å²) in [5.74, 6) is 1.35. The number of aryl methyl sites for hydroxylation is 2. The van der Waals surface area contributed by atoms with Gasteiger partial charge in [0.25, 0.3) is 0 Å². The minimum atomic E-state index is 0.0126. The third-order valence-corrected chi connectivity index (χ3v) is 2.83. The van der Waals surface area contributed by atoms with Crippen LogP contribution in [0.2, 0.25) is 0 Å². The molecule has 2 N–H and O–H groups in total. The number of aromatic nitrogens is 3. The third-order valence-electron chi connectivity index (χ3n) is 2.83. The summed E-state index contributed by atoms with van der Waals surface area (Å²) >= 11 is 0. The summed E-state index contributed by atoms with van der Waals surface area (Å²) in [6.45, 7) is 11.1. The van der Waals surface area contributed by atoms with Crippen molar-refractivity contribution in [1.29, 1.82) is 0 Å². The smallest absolute Gasteiger partial charge is 0.315 e. The maximum Gasteiger partial charge on any atom is 0.315 e. The molecule has 7 nitrogen and oxygen atoms in total. The molecule has 0 aliphatic rings. The first-order valence-corrected chi connectivity index (χ1v) is 6.58. The Kier molecular flexibility index (Phi) is 4.08. The Morgan fingerprint density at radius 2 is 1.85 bits per heavy atom. The highest BCUT2D eigenvalue weighted by Crippen LogP contribution is 2.14. The topological polar surface area (TPSA) is 89.0 Å². The molecule has 0 saturated heterocycles. The molecule has 0 aromatic carbocycles. The van der Waals surface area contributed by atoms with Gasteiger partial charge in [0.1, 0.15) is 5.76 Å². The van der Waals surface area contributed by atoms with E-state index in [1.54, 1.807) is 0 Å². The molecule has 20 heavy (non-hydrogen) atoms. The monoisotopic (exact) mass is 279 g/mol. The Morgan fingerprint density at radius 1 is 1.10 bits per heavy atom. The number of nitrogens with one attached hydrogen (secondary N) is 2. The van der Waals surface area contributed by atoms with E-state index in [1.165, 1.54) is 0 Å². The highest BCUT2D eigenvalue weighted by atomic mass is 16.5. The van der Waals surface area contributed by atoms with Crippen LogP contribution >= 0.6 is 0 Å². The molecular formula is C13H21N5O2. The van der Waals surface area contributed by atoms with Gasteiger partial charge in [0, 0.05) is 17.6 Å². The lowest BCUT2D eigenvalue weighted by atomic mass is 10.1. The van der Waals surface area contributed by atoms with Gasteiger partial charge in [-0.1, -0.05) is 10.3 Å². The second-order valence-electron chi connectivity index (χ2n) is 5.76. The summed E-state index contributed by atoms with van der Waals surface area (Å²) in [5.41, 5.74) is 1.89. The van der Waals surface area contributed by atoms with Gasteiger partial charge in [-0.3, -0.25) is 0 Å². The number of hydrogen-bond acceptors (Lipinski definition) is 7. The zero-order valence-electron chi connectivity index (χ0n) is 12.6. The highest BCUT2D eigenvalue weighted by Gasteiger charge is 2.13. The number of anilines is 1. The Bertz CT molecular complexity index is 548. The first-order chi connectivity index (χ1) is 9.35. The number of hydrogen-bond donors (Lipinski definition) is 2. The van der Waals surface area contributed by atoms with E-state index in [-0.39, 0.29) is 5.54 Å². The van der Waals surface area contributed by atoms with Crippen LogP contribution in [-0.4, -0.2) is 20.9 Å². The van der Waals surface area contributed by atoms with E-state index in [4.69, 9.17) is 8.94 Å². The average molecular weight is 279 g/mol. The van der Waals surface area contributed by atoms with E-state index in [2.05, 4.69) is 46.8 Å². The van der Waals surface area contributed by atoms with Crippen LogP contribution in [-0.2, 0) is 13.1 Å². The summed E-state index contributed by atoms with van der Waals surface area (Å²) in [7, 11) is 0. The zero-order valence-corrected chi connectivity index (χ0v) is 12.6. The van der Waals surface area contributed by atoms with Crippen LogP contribution < -0.4 is 10.6 Å². The van der Waals surface area contributed by atoms with Gasteiger partial charge >= 0.3 is 6.01 Å². The summed E-state index contributed by atoms with van der Waals surface area (Å²) in [5, 5.41) is 18.2. The molecule has 0 saturated carbocycles. The Balaban J connectivity index is 1.90. The molecule has 110 valence electrons. The number of rotatable bonds is 5. The average Bonchev–Trinajstić information content (AvgIpc) is 2.92. The van der Waals surface area contributed by atoms with Gasteiger partial charge in [-0.2, -0.15) is 0 Å². The molecule has 7 heteroatoms. The van der Waals surface area contributed by atoms with Crippen molar-refractivity contribution in [3.05, 3.63) is 22.9 Å². The van der Waals surface area contributed by atoms with Crippen LogP contribution in [0.15, 0.2) is 8.94 Å². The van der Waals surface area contributed by atoms with Crippen molar-refractivity contribution in [2.24, 2.45) is 0 Å². The van der Waals surface area contributed by atoms with Crippen molar-refractivity contribution in [2.75, 3.05) is 5.32 Å². The Hall–Kier alpha value is -1.89. The molecule has 0 aliphatic heterocycles. The van der Waals surface area contributed by atoms with Gasteiger partial charge < -0.3 is 19.6 Å². The fourth-order valence-electron chi connectivity index (χ4n) is 1.66. The Labute approximate surface area is 118 Å². The van der Waals surface area contributed by atoms with Crippen LogP contribution in [0.3, 0.4) is 0 Å². The van der Waals surface area contributed by atoms with Crippen LogP contribution in [0.4, 0.5) is 6.01 Å². The third kappa shape index (κ3) is 3.80. The van der Waals surface area contributed by atoms with E-state index < -0.39 is 0 Å². The van der Waals surface area contributed by atoms with E-state index in [1.807, 2.05) is 13.8 Å². The minimum absolute atomic E-state index is 0.0126. The second-order valence-corrected chi connectivity index (χ2v) is 5.76. The first kappa shape index (κ1) is 14.5. The molecule has 0 amide bonds. The predicted octanol–water partition coefficient (Wildman–Crippen LogP) is 2.17. The van der Waals surface area contributed by atoms with Crippen molar-refractivity contribution in [1.82, 2.24) is 20.7 Å². The molecule has 0 atom stereocenters. The molecule has 0 spiro atoms. The fourth-order valence-corrected chi connectivity index (χ4v) is 1.66. The largest absolute Gasteiger partial charge is 0.407 e. The molecule has 2 heterocycles. The predicted molar refractivity (Wildman–Crippen MR) is 74.2 cm³/mol. The SMILES string of the molecule is Cc1noc(C)c1CNc1nnc(CNC(C)(C)C)o1. The van der Waals surface area contributed by atoms with Crippen LogP contribution in [0.1, 0.15) is 43.7 Å². The molecule has 0 unspecified atom stereocenters. The van der Waals surface area contributed by atoms with Crippen molar-refractivity contribution < 1.29 is 8.94 Å². The summed E-state index contributed by atoms with van der Waals surface area (Å²) in [4.78, 5) is 0. The van der Waals surface area contributed by atoms with E-state index in [0.29, 0.717) is 25.0 Å². The van der Waals surface area contributed by atoms with E-state index in [9.17, 15) is 0 Å². The van der Waals surface area contributed by atoms with E-state index in [0.717, 1.165) is 17.0 Å². The maximum absolute atomic E-state index is 5.51. The van der Waals surface area contributed by atoms with Crippen LogP contribution in [0, 0.1) is 13.8 Å². The maximum atomic E-state index is 5.51. The number of nitrogens with zero attached hydrogens (tertiary/aromatic N) is 3. The fraction of sp³-hybridized carbons (Fsp3) is 0.615. The normalized spacial score (nSPS) is 11.8. The molecule has 2 rings (SSSR count). The van der Waals surface area contributed by atoms with E-state index >= 15 is 0 Å². The molecule has 0 radical (unpaired) electrons. The lowest BCUT2D eigenvalue weighted by molar-refractivity contribution is 0.383. The molecule has 2 aromatic heterocycles. The summed E-state index contributed by atoms with van der Waals surface area (Å²) in [6, 6.07) is 0.399. The molecular weight excluding hydrogens is 258 g/mol. The standard InChI is InChI=1S/C13H21N5O2/c1-8-10(9(2)20-18-8)6-14-12-17-16-11(19-12)7-15-13(3,4)5/h15H,6-7H2,1-5H3,(H,14,17). The van der Waals surface area contributed by atoms with Gasteiger partial charge in [-0.15, -0.1) is 5.10 Å². The van der Waals surface area contributed by atoms with Crippen LogP contribution in [0.5, 0.6) is 0 Å². The molecule has 0 aliphatic carbocycles. The van der Waals surface area contributed by atoms with Crippen molar-refractivity contribution in [3.63, 3.8) is 0 Å². The highest BCUT2D eigenvalue weighted by molar-refractivity contribution is 5.27. The van der Waals surface area contributed by atoms with Crippen LogP contribution in [0.25, 0.3) is 0 Å². The summed E-state index contributed by atoms with van der Waals surface area (Å²) in [6.07, 6.45) is 0. The minimum Gasteiger partial charge on any atom is -0.407 e. The van der Waals surface area contributed by atoms with Gasteiger partial charge in [0.05, 0.1) is 12.2 Å². The first-order valence-electron chi connectivity index (χ1n) is 6.58. The second kappa shape index (κ2) is 5.62. The zero-order chi connectivity index (χ0) is 14.8. The molecule has 0 bridgehead atoms. The van der Waals surface area contributed by atoms with Gasteiger partial charge in [-0.25, -0.2) is 0 Å². The molecule has 0 fully saturated rings. The van der Waals surface area contributed by atoms with Crippen molar-refractivity contribution in [3.8, 4) is 0 Å².